The average Bonchev–Trinajstić information content (AvgIpc) is 2.59. The molecule has 2 aromatic heterocycles. The summed E-state index contributed by atoms with van der Waals surface area (Å²) in [6.07, 6.45) is 1.22. The van der Waals surface area contributed by atoms with Crippen molar-refractivity contribution in [3.05, 3.63) is 73.0 Å². The molecule has 0 unspecified atom stereocenters. The number of fused-ring (bicyclic) bond motifs is 1. The standard InChI is InChI=1S/C15H11N5O5/c1-19-12-11(14(22)18-15(19)23)5-8(7-16-12)13(21)17-9-3-2-4-10(6-9)20(24)25/h2-7H,1H3,(H,17,21)(H,18,22,23). The Morgan fingerprint density at radius 3 is 2.80 bits per heavy atom. The minimum atomic E-state index is -0.657. The van der Waals surface area contributed by atoms with Gasteiger partial charge < -0.3 is 5.32 Å². The van der Waals surface area contributed by atoms with Crippen molar-refractivity contribution in [2.75, 3.05) is 5.32 Å². The number of nitro benzene ring substituents is 1. The number of benzene rings is 1. The molecule has 2 N–H and O–H groups in total. The lowest BCUT2D eigenvalue weighted by atomic mass is 10.2. The van der Waals surface area contributed by atoms with E-state index in [1.807, 2.05) is 0 Å². The van der Waals surface area contributed by atoms with Crippen molar-refractivity contribution in [1.82, 2.24) is 14.5 Å². The number of aromatic amines is 1. The fourth-order valence-electron chi connectivity index (χ4n) is 2.26. The van der Waals surface area contributed by atoms with Crippen molar-refractivity contribution in [2.24, 2.45) is 7.05 Å². The van der Waals surface area contributed by atoms with Gasteiger partial charge in [-0.25, -0.2) is 9.78 Å². The Hall–Kier alpha value is -3.82. The topological polar surface area (TPSA) is 140 Å². The minimum Gasteiger partial charge on any atom is -0.322 e. The van der Waals surface area contributed by atoms with E-state index in [9.17, 15) is 24.5 Å². The highest BCUT2D eigenvalue weighted by Gasteiger charge is 2.13. The molecule has 0 aliphatic carbocycles. The van der Waals surface area contributed by atoms with Crippen LogP contribution < -0.4 is 16.6 Å². The van der Waals surface area contributed by atoms with E-state index in [0.29, 0.717) is 0 Å². The number of carbonyl (C=O) groups is 1. The van der Waals surface area contributed by atoms with Crippen molar-refractivity contribution < 1.29 is 9.72 Å². The number of aryl methyl sites for hydroxylation is 1. The lowest BCUT2D eigenvalue weighted by molar-refractivity contribution is -0.384. The Morgan fingerprint density at radius 1 is 1.32 bits per heavy atom. The van der Waals surface area contributed by atoms with Crippen LogP contribution in [-0.4, -0.2) is 25.4 Å². The lowest BCUT2D eigenvalue weighted by Crippen LogP contribution is -2.29. The van der Waals surface area contributed by atoms with Crippen LogP contribution in [0.3, 0.4) is 0 Å². The predicted octanol–water partition coefficient (Wildman–Crippen LogP) is 0.782. The summed E-state index contributed by atoms with van der Waals surface area (Å²) in [6.45, 7) is 0. The normalized spacial score (nSPS) is 10.6. The van der Waals surface area contributed by atoms with Gasteiger partial charge in [0, 0.05) is 31.1 Å². The van der Waals surface area contributed by atoms with Gasteiger partial charge in [-0.3, -0.25) is 29.3 Å². The van der Waals surface area contributed by atoms with E-state index >= 15 is 0 Å². The van der Waals surface area contributed by atoms with Gasteiger partial charge in [0.1, 0.15) is 5.65 Å². The molecule has 0 aliphatic heterocycles. The highest BCUT2D eigenvalue weighted by Crippen LogP contribution is 2.18. The molecule has 0 fully saturated rings. The summed E-state index contributed by atoms with van der Waals surface area (Å²) in [5.74, 6) is -0.594. The fourth-order valence-corrected chi connectivity index (χ4v) is 2.26. The first-order valence-corrected chi connectivity index (χ1v) is 7.01. The number of rotatable bonds is 3. The number of aromatic nitrogens is 3. The second kappa shape index (κ2) is 6.00. The van der Waals surface area contributed by atoms with Crippen LogP contribution in [0.15, 0.2) is 46.1 Å². The molecule has 0 atom stereocenters. The number of hydrogen-bond donors (Lipinski definition) is 2. The molecule has 0 saturated carbocycles. The van der Waals surface area contributed by atoms with Crippen LogP contribution in [-0.2, 0) is 7.05 Å². The van der Waals surface area contributed by atoms with Crippen molar-refractivity contribution in [3.8, 4) is 0 Å². The van der Waals surface area contributed by atoms with Gasteiger partial charge in [0.05, 0.1) is 15.9 Å². The molecule has 0 radical (unpaired) electrons. The van der Waals surface area contributed by atoms with E-state index in [1.54, 1.807) is 0 Å². The van der Waals surface area contributed by atoms with Gasteiger partial charge in [-0.2, -0.15) is 0 Å². The molecule has 10 heteroatoms. The first-order chi connectivity index (χ1) is 11.9. The van der Waals surface area contributed by atoms with Crippen molar-refractivity contribution in [2.45, 2.75) is 0 Å². The minimum absolute atomic E-state index is 0.0724. The second-order valence-corrected chi connectivity index (χ2v) is 5.18. The van der Waals surface area contributed by atoms with E-state index in [0.717, 1.165) is 4.57 Å². The molecule has 10 nitrogen and oxygen atoms in total. The van der Waals surface area contributed by atoms with Crippen LogP contribution >= 0.6 is 0 Å². The van der Waals surface area contributed by atoms with Gasteiger partial charge in [-0.15, -0.1) is 0 Å². The molecule has 0 bridgehead atoms. The largest absolute Gasteiger partial charge is 0.329 e. The van der Waals surface area contributed by atoms with Crippen molar-refractivity contribution in [3.63, 3.8) is 0 Å². The van der Waals surface area contributed by atoms with Gasteiger partial charge in [-0.1, -0.05) is 6.07 Å². The zero-order valence-corrected chi connectivity index (χ0v) is 12.8. The number of amides is 1. The quantitative estimate of drug-likeness (QED) is 0.533. The summed E-state index contributed by atoms with van der Waals surface area (Å²) in [5.41, 5.74) is -0.993. The van der Waals surface area contributed by atoms with Crippen molar-refractivity contribution in [1.29, 1.82) is 0 Å². The van der Waals surface area contributed by atoms with Crippen LogP contribution in [0.5, 0.6) is 0 Å². The van der Waals surface area contributed by atoms with Gasteiger partial charge in [0.25, 0.3) is 17.2 Å². The third-order valence-corrected chi connectivity index (χ3v) is 3.53. The van der Waals surface area contributed by atoms with Crippen LogP contribution in [0.1, 0.15) is 10.4 Å². The van der Waals surface area contributed by atoms with Crippen LogP contribution in [0.25, 0.3) is 11.0 Å². The lowest BCUT2D eigenvalue weighted by Gasteiger charge is -2.07. The van der Waals surface area contributed by atoms with E-state index in [4.69, 9.17) is 0 Å². The molecule has 25 heavy (non-hydrogen) atoms. The van der Waals surface area contributed by atoms with E-state index in [1.165, 1.54) is 43.6 Å². The number of nitro groups is 1. The number of hydrogen-bond acceptors (Lipinski definition) is 6. The number of anilines is 1. The highest BCUT2D eigenvalue weighted by molar-refractivity contribution is 6.05. The first-order valence-electron chi connectivity index (χ1n) is 7.01. The van der Waals surface area contributed by atoms with Gasteiger partial charge in [-0.05, 0) is 12.1 Å². The Bertz CT molecular complexity index is 1130. The summed E-state index contributed by atoms with van der Waals surface area (Å²) in [6, 6.07) is 6.74. The molecule has 1 aromatic carbocycles. The molecule has 3 rings (SSSR count). The smallest absolute Gasteiger partial charge is 0.322 e. The Labute approximate surface area is 138 Å². The Morgan fingerprint density at radius 2 is 2.08 bits per heavy atom. The molecule has 0 aliphatic rings. The maximum atomic E-state index is 12.3. The fraction of sp³-hybridized carbons (Fsp3) is 0.0667. The molecule has 1 amide bonds. The third-order valence-electron chi connectivity index (χ3n) is 3.53. The van der Waals surface area contributed by atoms with E-state index in [-0.39, 0.29) is 28.0 Å². The third kappa shape index (κ3) is 3.00. The number of carbonyl (C=O) groups excluding carboxylic acids is 1. The van der Waals surface area contributed by atoms with Crippen LogP contribution in [0.4, 0.5) is 11.4 Å². The summed E-state index contributed by atoms with van der Waals surface area (Å²) < 4.78 is 1.15. The van der Waals surface area contributed by atoms with Gasteiger partial charge in [0.2, 0.25) is 0 Å². The van der Waals surface area contributed by atoms with Crippen LogP contribution in [0.2, 0.25) is 0 Å². The predicted molar refractivity (Wildman–Crippen MR) is 88.7 cm³/mol. The molecule has 0 saturated heterocycles. The number of pyridine rings is 1. The Kier molecular flexibility index (Phi) is 3.85. The molecular formula is C15H11N5O5. The zero-order valence-electron chi connectivity index (χ0n) is 12.8. The number of nitrogens with one attached hydrogen (secondary N) is 2. The summed E-state index contributed by atoms with van der Waals surface area (Å²) in [7, 11) is 1.44. The molecule has 0 spiro atoms. The number of non-ortho nitro benzene ring substituents is 1. The molecule has 2 heterocycles. The van der Waals surface area contributed by atoms with Gasteiger partial charge >= 0.3 is 5.69 Å². The highest BCUT2D eigenvalue weighted by atomic mass is 16.6. The molecular weight excluding hydrogens is 330 g/mol. The maximum absolute atomic E-state index is 12.3. The van der Waals surface area contributed by atoms with Crippen LogP contribution in [0, 0.1) is 10.1 Å². The zero-order chi connectivity index (χ0) is 18.1. The SMILES string of the molecule is Cn1c(=O)[nH]c(=O)c2cc(C(=O)Nc3cccc([N+](=O)[O-])c3)cnc21. The molecule has 126 valence electrons. The average molecular weight is 341 g/mol. The molecule has 3 aromatic rings. The van der Waals surface area contributed by atoms with Gasteiger partial charge in [0.15, 0.2) is 0 Å². The maximum Gasteiger partial charge on any atom is 0.329 e. The summed E-state index contributed by atoms with van der Waals surface area (Å²) in [4.78, 5) is 52.0. The van der Waals surface area contributed by atoms with E-state index in [2.05, 4.69) is 15.3 Å². The second-order valence-electron chi connectivity index (χ2n) is 5.18. The number of nitrogens with zero attached hydrogens (tertiary/aromatic N) is 3. The summed E-state index contributed by atoms with van der Waals surface area (Å²) in [5, 5.41) is 13.3. The van der Waals surface area contributed by atoms with Crippen molar-refractivity contribution >= 4 is 28.3 Å². The number of H-pyrrole nitrogens is 1. The Balaban J connectivity index is 1.98. The van der Waals surface area contributed by atoms with E-state index < -0.39 is 22.1 Å². The monoisotopic (exact) mass is 341 g/mol. The first kappa shape index (κ1) is 16.1. The summed E-state index contributed by atoms with van der Waals surface area (Å²) >= 11 is 0.